The third-order valence-corrected chi connectivity index (χ3v) is 2.98. The quantitative estimate of drug-likeness (QED) is 0.805. The lowest BCUT2D eigenvalue weighted by atomic mass is 10.2. The smallest absolute Gasteiger partial charge is 0.231 e. The maximum absolute atomic E-state index is 8.72. The van der Waals surface area contributed by atoms with E-state index in [-0.39, 0.29) is 6.79 Å². The van der Waals surface area contributed by atoms with Crippen molar-refractivity contribution in [3.8, 4) is 29.0 Å². The highest BCUT2D eigenvalue weighted by molar-refractivity contribution is 5.62. The predicted octanol–water partition coefficient (Wildman–Crippen LogP) is 1.88. The minimum absolute atomic E-state index is 0.263. The summed E-state index contributed by atoms with van der Waals surface area (Å²) < 4.78 is 12.5. The van der Waals surface area contributed by atoms with E-state index in [2.05, 4.69) is 11.1 Å². The highest BCUT2D eigenvalue weighted by Crippen LogP contribution is 2.35. The summed E-state index contributed by atoms with van der Waals surface area (Å²) >= 11 is 0. The van der Waals surface area contributed by atoms with E-state index in [0.29, 0.717) is 6.42 Å². The Morgan fingerprint density at radius 2 is 2.22 bits per heavy atom. The van der Waals surface area contributed by atoms with Gasteiger partial charge in [-0.15, -0.1) is 0 Å². The average molecular weight is 241 g/mol. The van der Waals surface area contributed by atoms with E-state index in [1.807, 2.05) is 29.8 Å². The number of nitrogens with zero attached hydrogens (tertiary/aromatic N) is 3. The highest BCUT2D eigenvalue weighted by Gasteiger charge is 2.16. The van der Waals surface area contributed by atoms with Gasteiger partial charge in [-0.3, -0.25) is 0 Å². The van der Waals surface area contributed by atoms with E-state index in [1.54, 1.807) is 6.20 Å². The number of nitriles is 1. The molecular formula is C13H11N3O2. The van der Waals surface area contributed by atoms with E-state index < -0.39 is 0 Å². The minimum Gasteiger partial charge on any atom is -0.454 e. The van der Waals surface area contributed by atoms with Crippen molar-refractivity contribution < 1.29 is 9.47 Å². The lowest BCUT2D eigenvalue weighted by Gasteiger charge is -2.05. The van der Waals surface area contributed by atoms with Crippen molar-refractivity contribution >= 4 is 0 Å². The van der Waals surface area contributed by atoms with E-state index in [4.69, 9.17) is 14.7 Å². The van der Waals surface area contributed by atoms with Crippen LogP contribution in [0.1, 0.15) is 5.69 Å². The summed E-state index contributed by atoms with van der Waals surface area (Å²) in [4.78, 5) is 4.35. The molecule has 1 aliphatic heterocycles. The molecule has 0 bridgehead atoms. The number of aromatic nitrogens is 2. The molecule has 0 saturated carbocycles. The van der Waals surface area contributed by atoms with Crippen LogP contribution in [0, 0.1) is 11.3 Å². The van der Waals surface area contributed by atoms with Crippen molar-refractivity contribution in [1.29, 1.82) is 5.26 Å². The van der Waals surface area contributed by atoms with Crippen molar-refractivity contribution in [2.24, 2.45) is 7.05 Å². The molecule has 0 saturated heterocycles. The average Bonchev–Trinajstić information content (AvgIpc) is 2.97. The second kappa shape index (κ2) is 4.08. The Labute approximate surface area is 104 Å². The third-order valence-electron chi connectivity index (χ3n) is 2.98. The van der Waals surface area contributed by atoms with Crippen LogP contribution in [0.2, 0.25) is 0 Å². The molecule has 2 aromatic rings. The number of rotatable bonds is 2. The Morgan fingerprint density at radius 1 is 1.39 bits per heavy atom. The first kappa shape index (κ1) is 10.7. The lowest BCUT2D eigenvalue weighted by molar-refractivity contribution is 0.174. The molecule has 1 aromatic heterocycles. The maximum atomic E-state index is 8.72. The van der Waals surface area contributed by atoms with Gasteiger partial charge in [0.25, 0.3) is 0 Å². The molecule has 5 heteroatoms. The molecular weight excluding hydrogens is 230 g/mol. The molecule has 0 radical (unpaired) electrons. The van der Waals surface area contributed by atoms with Crippen molar-refractivity contribution in [3.63, 3.8) is 0 Å². The second-order valence-corrected chi connectivity index (χ2v) is 4.04. The third kappa shape index (κ3) is 1.59. The summed E-state index contributed by atoms with van der Waals surface area (Å²) in [6.45, 7) is 0.263. The van der Waals surface area contributed by atoms with Crippen LogP contribution in [0.3, 0.4) is 0 Å². The van der Waals surface area contributed by atoms with E-state index in [1.165, 1.54) is 0 Å². The van der Waals surface area contributed by atoms with Gasteiger partial charge in [-0.25, -0.2) is 4.98 Å². The van der Waals surface area contributed by atoms with E-state index in [0.717, 1.165) is 28.6 Å². The van der Waals surface area contributed by atoms with Crippen molar-refractivity contribution in [1.82, 2.24) is 9.55 Å². The van der Waals surface area contributed by atoms with Crippen LogP contribution >= 0.6 is 0 Å². The van der Waals surface area contributed by atoms with Gasteiger partial charge in [0.15, 0.2) is 11.5 Å². The van der Waals surface area contributed by atoms with E-state index >= 15 is 0 Å². The standard InChI is InChI=1S/C13H11N3O2/c1-16-10(4-5-14)7-15-13(16)9-2-3-11-12(6-9)18-8-17-11/h2-3,6-7H,4,8H2,1H3. The topological polar surface area (TPSA) is 60.1 Å². The Hall–Kier alpha value is -2.48. The number of hydrogen-bond acceptors (Lipinski definition) is 4. The molecule has 18 heavy (non-hydrogen) atoms. The van der Waals surface area contributed by atoms with Crippen LogP contribution in [0.5, 0.6) is 11.5 Å². The fraction of sp³-hybridized carbons (Fsp3) is 0.231. The first-order chi connectivity index (χ1) is 8.79. The summed E-state index contributed by atoms with van der Waals surface area (Å²) in [7, 11) is 1.90. The first-order valence-corrected chi connectivity index (χ1v) is 5.57. The molecule has 5 nitrogen and oxygen atoms in total. The van der Waals surface area contributed by atoms with Gasteiger partial charge < -0.3 is 14.0 Å². The van der Waals surface area contributed by atoms with Crippen LogP contribution < -0.4 is 9.47 Å². The van der Waals surface area contributed by atoms with Crippen molar-refractivity contribution in [2.45, 2.75) is 6.42 Å². The van der Waals surface area contributed by atoms with Gasteiger partial charge in [-0.1, -0.05) is 0 Å². The summed E-state index contributed by atoms with van der Waals surface area (Å²) in [6, 6.07) is 7.84. The van der Waals surface area contributed by atoms with Gasteiger partial charge in [0, 0.05) is 18.8 Å². The number of imidazole rings is 1. The molecule has 0 atom stereocenters. The molecule has 0 aliphatic carbocycles. The Kier molecular flexibility index (Phi) is 2.41. The normalized spacial score (nSPS) is 12.4. The van der Waals surface area contributed by atoms with Gasteiger partial charge in [0.1, 0.15) is 5.82 Å². The Bertz CT molecular complexity index is 640. The molecule has 0 unspecified atom stereocenters. The fourth-order valence-corrected chi connectivity index (χ4v) is 1.99. The summed E-state index contributed by atoms with van der Waals surface area (Å²) in [5, 5.41) is 8.72. The molecule has 0 N–H and O–H groups in total. The fourth-order valence-electron chi connectivity index (χ4n) is 1.99. The van der Waals surface area contributed by atoms with Crippen LogP contribution in [-0.4, -0.2) is 16.3 Å². The Balaban J connectivity index is 2.03. The minimum atomic E-state index is 0.263. The molecule has 0 fully saturated rings. The van der Waals surface area contributed by atoms with E-state index in [9.17, 15) is 0 Å². The van der Waals surface area contributed by atoms with Gasteiger partial charge in [-0.05, 0) is 18.2 Å². The van der Waals surface area contributed by atoms with Gasteiger partial charge in [0.05, 0.1) is 18.2 Å². The number of hydrogen-bond donors (Lipinski definition) is 0. The maximum Gasteiger partial charge on any atom is 0.231 e. The van der Waals surface area contributed by atoms with Gasteiger partial charge in [-0.2, -0.15) is 5.26 Å². The molecule has 2 heterocycles. The molecule has 3 rings (SSSR count). The van der Waals surface area contributed by atoms with Crippen LogP contribution in [0.15, 0.2) is 24.4 Å². The SMILES string of the molecule is Cn1c(CC#N)cnc1-c1ccc2c(c1)OCO2. The van der Waals surface area contributed by atoms with Crippen molar-refractivity contribution in [2.75, 3.05) is 6.79 Å². The zero-order valence-electron chi connectivity index (χ0n) is 9.88. The molecule has 90 valence electrons. The molecule has 1 aliphatic rings. The Morgan fingerprint density at radius 3 is 3.06 bits per heavy atom. The van der Waals surface area contributed by atoms with Crippen LogP contribution in [0.25, 0.3) is 11.4 Å². The first-order valence-electron chi connectivity index (χ1n) is 5.57. The monoisotopic (exact) mass is 241 g/mol. The summed E-state index contributed by atoms with van der Waals surface area (Å²) in [5.74, 6) is 2.31. The number of ether oxygens (including phenoxy) is 2. The zero-order valence-corrected chi connectivity index (χ0v) is 9.88. The van der Waals surface area contributed by atoms with Crippen molar-refractivity contribution in [3.05, 3.63) is 30.1 Å². The van der Waals surface area contributed by atoms with Gasteiger partial charge in [0.2, 0.25) is 6.79 Å². The zero-order chi connectivity index (χ0) is 12.5. The molecule has 0 spiro atoms. The summed E-state index contributed by atoms with van der Waals surface area (Å²) in [5.41, 5.74) is 1.84. The lowest BCUT2D eigenvalue weighted by Crippen LogP contribution is -1.97. The molecule has 1 aromatic carbocycles. The second-order valence-electron chi connectivity index (χ2n) is 4.04. The highest BCUT2D eigenvalue weighted by atomic mass is 16.7. The summed E-state index contributed by atoms with van der Waals surface area (Å²) in [6.07, 6.45) is 2.08. The van der Waals surface area contributed by atoms with Crippen LogP contribution in [-0.2, 0) is 13.5 Å². The van der Waals surface area contributed by atoms with Gasteiger partial charge >= 0.3 is 0 Å². The predicted molar refractivity (Wildman–Crippen MR) is 64.1 cm³/mol. The molecule has 0 amide bonds. The largest absolute Gasteiger partial charge is 0.454 e. The number of benzene rings is 1. The van der Waals surface area contributed by atoms with Crippen LogP contribution in [0.4, 0.5) is 0 Å². The number of fused-ring (bicyclic) bond motifs is 1.